The maximum Gasteiger partial charge on any atom is 0.425 e. The van der Waals surface area contributed by atoms with E-state index in [2.05, 4.69) is 40.2 Å². The molecular weight excluding hydrogens is 769 g/mol. The van der Waals surface area contributed by atoms with Crippen LogP contribution in [0.1, 0.15) is 88.0 Å². The number of Topliss-reactive ketones (excluding diaryl/α,β-unsaturated/α-hetero) is 1. The smallest absolute Gasteiger partial charge is 0.425 e. The maximum atomic E-state index is 14.4. The van der Waals surface area contributed by atoms with Crippen molar-refractivity contribution in [2.75, 3.05) is 33.9 Å². The van der Waals surface area contributed by atoms with Crippen LogP contribution < -0.4 is 0 Å². The molecule has 0 aliphatic carbocycles. The predicted octanol–water partition coefficient (Wildman–Crippen LogP) is 4.80. The maximum absolute atomic E-state index is 14.4. The lowest BCUT2D eigenvalue weighted by molar-refractivity contribution is -0.293. The SMILES string of the molecule is CC[C@H]1OC(=O)[C@H](C)C(=O)[C@H](C)[C@@H](O[C@@H]2O[C@H](C)C[C@H](N(C)C)[C@H]2O)[C@@](C)(O)C[C@@H](C)C2[C@H](C)[C@H]3N(C(=O)O[C@]13C)N(CCCn1cnc(-c3ccccc3)c1)CN2CC. The number of nitrogens with zero attached hydrogens (tertiary/aromatic N) is 6. The molecule has 2 bridgehead atoms. The molecule has 14 atom stereocenters. The largest absolute Gasteiger partial charge is 0.458 e. The summed E-state index contributed by atoms with van der Waals surface area (Å²) in [6.07, 6.45) is 0.708. The molecule has 4 aliphatic heterocycles. The molecular formula is C45H70N6O9. The molecule has 5 heterocycles. The first-order valence-corrected chi connectivity index (χ1v) is 22.0. The Morgan fingerprint density at radius 2 is 1.72 bits per heavy atom. The Kier molecular flexibility index (Phi) is 14.2. The van der Waals surface area contributed by atoms with Crippen molar-refractivity contribution in [3.63, 3.8) is 0 Å². The van der Waals surface area contributed by atoms with E-state index in [1.807, 2.05) is 82.6 Å². The van der Waals surface area contributed by atoms with Gasteiger partial charge in [0.15, 0.2) is 17.7 Å². The van der Waals surface area contributed by atoms with E-state index in [1.54, 1.807) is 18.9 Å². The highest BCUT2D eigenvalue weighted by atomic mass is 16.7. The first-order valence-electron chi connectivity index (χ1n) is 22.0. The van der Waals surface area contributed by atoms with Gasteiger partial charge in [0.05, 0.1) is 42.5 Å². The molecule has 1 unspecified atom stereocenters. The summed E-state index contributed by atoms with van der Waals surface area (Å²) in [6.45, 7) is 19.1. The number of amides is 1. The Morgan fingerprint density at radius 3 is 2.37 bits per heavy atom. The molecule has 6 rings (SSSR count). The Labute approximate surface area is 356 Å². The molecule has 4 fully saturated rings. The molecule has 60 heavy (non-hydrogen) atoms. The molecule has 1 aromatic heterocycles. The molecule has 15 heteroatoms. The lowest BCUT2D eigenvalue weighted by Gasteiger charge is -2.48. The van der Waals surface area contributed by atoms with Gasteiger partial charge in [-0.05, 0) is 85.9 Å². The number of carbonyl (C=O) groups is 3. The molecule has 0 saturated carbocycles. The Hall–Kier alpha value is -3.44. The van der Waals surface area contributed by atoms with Gasteiger partial charge in [-0.1, -0.05) is 65.0 Å². The van der Waals surface area contributed by atoms with Crippen molar-refractivity contribution in [1.82, 2.24) is 29.4 Å². The third kappa shape index (κ3) is 9.04. The molecule has 4 saturated heterocycles. The van der Waals surface area contributed by atoms with E-state index in [0.717, 1.165) is 11.3 Å². The summed E-state index contributed by atoms with van der Waals surface area (Å²) in [4.78, 5) is 51.7. The van der Waals surface area contributed by atoms with Crippen LogP contribution in [0.15, 0.2) is 42.9 Å². The third-order valence-corrected chi connectivity index (χ3v) is 13.8. The highest BCUT2D eigenvalue weighted by molar-refractivity contribution is 6.00. The quantitative estimate of drug-likeness (QED) is 0.249. The second-order valence-electron chi connectivity index (χ2n) is 18.6. The Balaban J connectivity index is 1.36. The van der Waals surface area contributed by atoms with Gasteiger partial charge in [0, 0.05) is 42.9 Å². The average molecular weight is 839 g/mol. The zero-order chi connectivity index (χ0) is 43.8. The summed E-state index contributed by atoms with van der Waals surface area (Å²) in [7, 11) is 3.77. The van der Waals surface area contributed by atoms with E-state index < -0.39 is 71.5 Å². The van der Waals surface area contributed by atoms with Crippen molar-refractivity contribution < 1.29 is 43.5 Å². The third-order valence-electron chi connectivity index (χ3n) is 13.8. The second kappa shape index (κ2) is 18.5. The number of aromatic nitrogens is 2. The lowest BCUT2D eigenvalue weighted by atomic mass is 9.71. The molecule has 0 radical (unpaired) electrons. The standard InChI is InChI=1S/C45H70N6O9/c1-12-35-45(9)39-29(5)36(49(13-2)26-50(51(39)43(55)60-45)21-17-20-48-24-33(46-25-48)32-18-15-14-16-19-32)27(3)23-44(8,56)40(30(6)37(52)31(7)41(54)58-35)59-42-38(53)34(47(10)11)22-28(4)57-42/h14-16,18-19,24-25,27-31,34-36,38-40,42,53,56H,12-13,17,20-23,26H2,1-11H3/t27-,28-,29+,30+,31-,34+,35-,36?,38-,39-,40-,42+,44+,45-/m1/s1. The number of rotatable bonds is 10. The fourth-order valence-electron chi connectivity index (χ4n) is 10.9. The van der Waals surface area contributed by atoms with Gasteiger partial charge in [-0.2, -0.15) is 0 Å². The number of fused-ring (bicyclic) bond motifs is 1. The Morgan fingerprint density at radius 1 is 1.02 bits per heavy atom. The summed E-state index contributed by atoms with van der Waals surface area (Å²) < 4.78 is 27.5. The van der Waals surface area contributed by atoms with Crippen LogP contribution in [-0.4, -0.2) is 151 Å². The first kappa shape index (κ1) is 46.1. The number of hydrazine groups is 1. The zero-order valence-corrected chi connectivity index (χ0v) is 37.6. The van der Waals surface area contributed by atoms with E-state index in [4.69, 9.17) is 18.9 Å². The number of esters is 1. The number of hydrogen-bond donors (Lipinski definition) is 2. The van der Waals surface area contributed by atoms with Gasteiger partial charge >= 0.3 is 12.1 Å². The van der Waals surface area contributed by atoms with Crippen LogP contribution in [0, 0.1) is 23.7 Å². The summed E-state index contributed by atoms with van der Waals surface area (Å²) in [5.41, 5.74) is -0.973. The van der Waals surface area contributed by atoms with E-state index in [9.17, 15) is 24.6 Å². The van der Waals surface area contributed by atoms with Crippen molar-refractivity contribution in [1.29, 1.82) is 0 Å². The van der Waals surface area contributed by atoms with Gasteiger partial charge in [-0.25, -0.2) is 19.8 Å². The van der Waals surface area contributed by atoms with E-state index in [0.29, 0.717) is 45.6 Å². The van der Waals surface area contributed by atoms with Crippen LogP contribution >= 0.6 is 0 Å². The number of hydrogen-bond acceptors (Lipinski definition) is 13. The first-order chi connectivity index (χ1) is 28.3. The highest BCUT2D eigenvalue weighted by Gasteiger charge is 2.63. The van der Waals surface area contributed by atoms with Crippen LogP contribution in [0.3, 0.4) is 0 Å². The fraction of sp³-hybridized carbons (Fsp3) is 0.733. The monoisotopic (exact) mass is 839 g/mol. The van der Waals surface area contributed by atoms with Gasteiger partial charge < -0.3 is 38.6 Å². The predicted molar refractivity (Wildman–Crippen MR) is 225 cm³/mol. The molecule has 334 valence electrons. The van der Waals surface area contributed by atoms with Crippen LogP contribution in [-0.2, 0) is 35.1 Å². The van der Waals surface area contributed by atoms with Crippen molar-refractivity contribution in [2.45, 2.75) is 155 Å². The van der Waals surface area contributed by atoms with Crippen LogP contribution in [0.25, 0.3) is 11.3 Å². The normalized spacial score (nSPS) is 38.7. The second-order valence-corrected chi connectivity index (χ2v) is 18.6. The summed E-state index contributed by atoms with van der Waals surface area (Å²) in [5.74, 6) is -3.87. The number of ether oxygens (including phenoxy) is 4. The van der Waals surface area contributed by atoms with Crippen LogP contribution in [0.2, 0.25) is 0 Å². The Bertz CT molecular complexity index is 1790. The molecule has 15 nitrogen and oxygen atoms in total. The summed E-state index contributed by atoms with van der Waals surface area (Å²) in [5, 5.41) is 28.0. The number of aliphatic hydroxyl groups is 2. The van der Waals surface area contributed by atoms with Crippen LogP contribution in [0.5, 0.6) is 0 Å². The van der Waals surface area contributed by atoms with Crippen LogP contribution in [0.4, 0.5) is 4.79 Å². The molecule has 2 aromatic rings. The fourth-order valence-corrected chi connectivity index (χ4v) is 10.9. The van der Waals surface area contributed by atoms with Crippen molar-refractivity contribution in [3.8, 4) is 11.3 Å². The molecule has 0 spiro atoms. The number of aryl methyl sites for hydroxylation is 1. The topological polar surface area (TPSA) is 159 Å². The number of cyclic esters (lactones) is 1. The average Bonchev–Trinajstić information content (AvgIpc) is 3.75. The van der Waals surface area contributed by atoms with Gasteiger partial charge in [-0.3, -0.25) is 14.5 Å². The molecule has 2 N–H and O–H groups in total. The minimum Gasteiger partial charge on any atom is -0.458 e. The summed E-state index contributed by atoms with van der Waals surface area (Å²) in [6, 6.07) is 8.98. The number of benzene rings is 1. The van der Waals surface area contributed by atoms with Crippen molar-refractivity contribution >= 4 is 17.8 Å². The highest BCUT2D eigenvalue weighted by Crippen LogP contribution is 2.46. The number of likely N-dealkylation sites (N-methyl/N-ethyl adjacent to an activating group) is 1. The lowest BCUT2D eigenvalue weighted by Crippen LogP contribution is -2.61. The molecule has 1 amide bonds. The zero-order valence-electron chi connectivity index (χ0n) is 37.6. The molecule has 4 aliphatic rings. The number of carbonyl (C=O) groups excluding carboxylic acids is 3. The van der Waals surface area contributed by atoms with Gasteiger partial charge in [-0.15, -0.1) is 0 Å². The van der Waals surface area contributed by atoms with Gasteiger partial charge in [0.25, 0.3) is 0 Å². The number of ketones is 1. The van der Waals surface area contributed by atoms with Gasteiger partial charge in [0.2, 0.25) is 0 Å². The minimum absolute atomic E-state index is 0.203. The van der Waals surface area contributed by atoms with E-state index >= 15 is 0 Å². The number of imidazole rings is 1. The minimum atomic E-state index is -1.63. The van der Waals surface area contributed by atoms with Gasteiger partial charge in [0.1, 0.15) is 18.1 Å². The summed E-state index contributed by atoms with van der Waals surface area (Å²) >= 11 is 0. The van der Waals surface area contributed by atoms with E-state index in [-0.39, 0.29) is 36.4 Å². The molecule has 1 aromatic carbocycles. The van der Waals surface area contributed by atoms with Crippen molar-refractivity contribution in [3.05, 3.63) is 42.9 Å². The van der Waals surface area contributed by atoms with E-state index in [1.165, 1.54) is 6.92 Å². The van der Waals surface area contributed by atoms with Crippen molar-refractivity contribution in [2.24, 2.45) is 23.7 Å². The number of aliphatic hydroxyl groups excluding tert-OH is 1.